The lowest BCUT2D eigenvalue weighted by Gasteiger charge is -2.06. The van der Waals surface area contributed by atoms with E-state index in [0.717, 1.165) is 12.8 Å². The first-order chi connectivity index (χ1) is 7.81. The van der Waals surface area contributed by atoms with Gasteiger partial charge in [0.25, 0.3) is 0 Å². The standard InChI is InChI=1S/C15H30O/c1-3-5-7-8-9-10-12-14-15(16)13-11-6-4-2/h10,12,15-16H,3-9,11,13-14H2,1-2H3/b12-10-. The van der Waals surface area contributed by atoms with Gasteiger partial charge in [0.05, 0.1) is 6.10 Å². The van der Waals surface area contributed by atoms with Gasteiger partial charge in [0, 0.05) is 0 Å². The first kappa shape index (κ1) is 15.7. The molecule has 0 aliphatic heterocycles. The van der Waals surface area contributed by atoms with Crippen molar-refractivity contribution in [3.63, 3.8) is 0 Å². The predicted octanol–water partition coefficient (Wildman–Crippen LogP) is 4.84. The lowest BCUT2D eigenvalue weighted by atomic mass is 10.1. The van der Waals surface area contributed by atoms with Crippen molar-refractivity contribution in [2.24, 2.45) is 0 Å². The Labute approximate surface area is 102 Å². The fourth-order valence-electron chi connectivity index (χ4n) is 1.81. The molecule has 0 aromatic heterocycles. The Morgan fingerprint density at radius 1 is 0.875 bits per heavy atom. The van der Waals surface area contributed by atoms with Gasteiger partial charge in [-0.2, -0.15) is 0 Å². The van der Waals surface area contributed by atoms with Gasteiger partial charge in [-0.05, 0) is 25.7 Å². The molecule has 0 aromatic carbocycles. The average Bonchev–Trinajstić information content (AvgIpc) is 2.28. The van der Waals surface area contributed by atoms with Gasteiger partial charge >= 0.3 is 0 Å². The number of allylic oxidation sites excluding steroid dienone is 1. The maximum Gasteiger partial charge on any atom is 0.0574 e. The minimum Gasteiger partial charge on any atom is -0.393 e. The Morgan fingerprint density at radius 3 is 2.25 bits per heavy atom. The Hall–Kier alpha value is -0.300. The van der Waals surface area contributed by atoms with Gasteiger partial charge < -0.3 is 5.11 Å². The van der Waals surface area contributed by atoms with Crippen molar-refractivity contribution in [3.8, 4) is 0 Å². The van der Waals surface area contributed by atoms with Gasteiger partial charge in [-0.25, -0.2) is 0 Å². The number of aliphatic hydroxyl groups excluding tert-OH is 1. The zero-order chi connectivity index (χ0) is 12.1. The van der Waals surface area contributed by atoms with Crippen LogP contribution in [0.25, 0.3) is 0 Å². The molecule has 1 heteroatoms. The van der Waals surface area contributed by atoms with Crippen molar-refractivity contribution in [2.75, 3.05) is 0 Å². The molecule has 1 atom stereocenters. The molecule has 1 nitrogen and oxygen atoms in total. The molecule has 0 amide bonds. The topological polar surface area (TPSA) is 20.2 Å². The minimum atomic E-state index is -0.113. The van der Waals surface area contributed by atoms with Crippen LogP contribution in [0, 0.1) is 0 Å². The first-order valence-electron chi connectivity index (χ1n) is 7.14. The summed E-state index contributed by atoms with van der Waals surface area (Å²) >= 11 is 0. The molecular formula is C15H30O. The molecule has 0 aliphatic rings. The summed E-state index contributed by atoms with van der Waals surface area (Å²) in [7, 11) is 0. The smallest absolute Gasteiger partial charge is 0.0574 e. The van der Waals surface area contributed by atoms with E-state index in [1.807, 2.05) is 0 Å². The van der Waals surface area contributed by atoms with Crippen LogP contribution < -0.4 is 0 Å². The molecule has 0 spiro atoms. The van der Waals surface area contributed by atoms with Crippen LogP contribution in [0.15, 0.2) is 12.2 Å². The summed E-state index contributed by atoms with van der Waals surface area (Å²) in [6.45, 7) is 4.44. The van der Waals surface area contributed by atoms with E-state index >= 15 is 0 Å². The Morgan fingerprint density at radius 2 is 1.56 bits per heavy atom. The molecule has 0 saturated carbocycles. The fraction of sp³-hybridized carbons (Fsp3) is 0.867. The molecule has 0 rings (SSSR count). The highest BCUT2D eigenvalue weighted by atomic mass is 16.3. The molecule has 0 saturated heterocycles. The zero-order valence-electron chi connectivity index (χ0n) is 11.3. The van der Waals surface area contributed by atoms with E-state index in [4.69, 9.17) is 0 Å². The van der Waals surface area contributed by atoms with Gasteiger partial charge in [0.1, 0.15) is 0 Å². The third kappa shape index (κ3) is 11.8. The maximum atomic E-state index is 9.67. The van der Waals surface area contributed by atoms with Gasteiger partial charge in [-0.1, -0.05) is 64.5 Å². The number of aliphatic hydroxyl groups is 1. The summed E-state index contributed by atoms with van der Waals surface area (Å²) < 4.78 is 0. The second kappa shape index (κ2) is 12.8. The van der Waals surface area contributed by atoms with Gasteiger partial charge in [-0.3, -0.25) is 0 Å². The summed E-state index contributed by atoms with van der Waals surface area (Å²) in [6, 6.07) is 0. The highest BCUT2D eigenvalue weighted by Gasteiger charge is 1.99. The highest BCUT2D eigenvalue weighted by molar-refractivity contribution is 4.83. The predicted molar refractivity (Wildman–Crippen MR) is 72.7 cm³/mol. The summed E-state index contributed by atoms with van der Waals surface area (Å²) in [5, 5.41) is 9.67. The summed E-state index contributed by atoms with van der Waals surface area (Å²) in [5.74, 6) is 0. The van der Waals surface area contributed by atoms with Crippen LogP contribution in [0.3, 0.4) is 0 Å². The third-order valence-electron chi connectivity index (χ3n) is 2.94. The monoisotopic (exact) mass is 226 g/mol. The molecular weight excluding hydrogens is 196 g/mol. The fourth-order valence-corrected chi connectivity index (χ4v) is 1.81. The van der Waals surface area contributed by atoms with E-state index in [9.17, 15) is 5.11 Å². The lowest BCUT2D eigenvalue weighted by molar-refractivity contribution is 0.164. The van der Waals surface area contributed by atoms with E-state index in [-0.39, 0.29) is 6.10 Å². The minimum absolute atomic E-state index is 0.113. The van der Waals surface area contributed by atoms with Crippen molar-refractivity contribution in [1.29, 1.82) is 0 Å². The first-order valence-corrected chi connectivity index (χ1v) is 7.14. The third-order valence-corrected chi connectivity index (χ3v) is 2.94. The van der Waals surface area contributed by atoms with Crippen LogP contribution in [0.1, 0.15) is 78.1 Å². The molecule has 96 valence electrons. The van der Waals surface area contributed by atoms with E-state index in [0.29, 0.717) is 0 Å². The van der Waals surface area contributed by atoms with E-state index in [1.54, 1.807) is 0 Å². The van der Waals surface area contributed by atoms with Crippen LogP contribution >= 0.6 is 0 Å². The second-order valence-corrected chi connectivity index (χ2v) is 4.71. The molecule has 0 aliphatic carbocycles. The van der Waals surface area contributed by atoms with Crippen LogP contribution in [0.5, 0.6) is 0 Å². The molecule has 1 unspecified atom stereocenters. The summed E-state index contributed by atoms with van der Waals surface area (Å²) in [4.78, 5) is 0. The SMILES string of the molecule is CCCCCC/C=C\CC(O)CCCCC. The molecule has 0 bridgehead atoms. The number of rotatable bonds is 11. The van der Waals surface area contributed by atoms with Crippen LogP contribution in [-0.2, 0) is 0 Å². The van der Waals surface area contributed by atoms with Gasteiger partial charge in [0.2, 0.25) is 0 Å². The lowest BCUT2D eigenvalue weighted by Crippen LogP contribution is -2.04. The van der Waals surface area contributed by atoms with Gasteiger partial charge in [0.15, 0.2) is 0 Å². The summed E-state index contributed by atoms with van der Waals surface area (Å²) in [6.07, 6.45) is 16.2. The Balaban J connectivity index is 3.23. The molecule has 0 radical (unpaired) electrons. The van der Waals surface area contributed by atoms with Crippen molar-refractivity contribution >= 4 is 0 Å². The number of unbranched alkanes of at least 4 members (excludes halogenated alkanes) is 6. The Kier molecular flexibility index (Phi) is 12.5. The van der Waals surface area contributed by atoms with Crippen molar-refractivity contribution in [1.82, 2.24) is 0 Å². The van der Waals surface area contributed by atoms with Crippen molar-refractivity contribution in [3.05, 3.63) is 12.2 Å². The molecule has 1 N–H and O–H groups in total. The maximum absolute atomic E-state index is 9.67. The van der Waals surface area contributed by atoms with Crippen LogP contribution in [0.4, 0.5) is 0 Å². The van der Waals surface area contributed by atoms with Gasteiger partial charge in [-0.15, -0.1) is 0 Å². The van der Waals surface area contributed by atoms with E-state index < -0.39 is 0 Å². The van der Waals surface area contributed by atoms with E-state index in [1.165, 1.54) is 51.4 Å². The molecule has 0 fully saturated rings. The number of hydrogen-bond acceptors (Lipinski definition) is 1. The average molecular weight is 226 g/mol. The quantitative estimate of drug-likeness (QED) is 0.394. The zero-order valence-corrected chi connectivity index (χ0v) is 11.3. The van der Waals surface area contributed by atoms with Crippen LogP contribution in [-0.4, -0.2) is 11.2 Å². The number of hydrogen-bond donors (Lipinski definition) is 1. The molecule has 16 heavy (non-hydrogen) atoms. The molecule has 0 aromatic rings. The summed E-state index contributed by atoms with van der Waals surface area (Å²) in [5.41, 5.74) is 0. The van der Waals surface area contributed by atoms with Crippen LogP contribution in [0.2, 0.25) is 0 Å². The highest BCUT2D eigenvalue weighted by Crippen LogP contribution is 2.08. The second-order valence-electron chi connectivity index (χ2n) is 4.71. The Bertz CT molecular complexity index is 152. The van der Waals surface area contributed by atoms with E-state index in [2.05, 4.69) is 26.0 Å². The largest absolute Gasteiger partial charge is 0.393 e. The normalized spacial score (nSPS) is 13.4. The van der Waals surface area contributed by atoms with Crippen molar-refractivity contribution < 1.29 is 5.11 Å². The molecule has 0 heterocycles. The van der Waals surface area contributed by atoms with Crippen molar-refractivity contribution in [2.45, 2.75) is 84.2 Å².